The maximum absolute atomic E-state index is 12.0. The Morgan fingerprint density at radius 1 is 1.04 bits per heavy atom. The van der Waals surface area contributed by atoms with Crippen LogP contribution in [0, 0.1) is 0 Å². The van der Waals surface area contributed by atoms with E-state index in [2.05, 4.69) is 5.32 Å². The smallest absolute Gasteiger partial charge is 0.223 e. The molecule has 2 rings (SSSR count). The minimum Gasteiger partial charge on any atom is -0.354 e. The van der Waals surface area contributed by atoms with Gasteiger partial charge in [0, 0.05) is 42.2 Å². The maximum atomic E-state index is 12.0. The largest absolute Gasteiger partial charge is 0.354 e. The average Bonchev–Trinajstić information content (AvgIpc) is 2.56. The highest BCUT2D eigenvalue weighted by Gasteiger charge is 2.13. The third kappa shape index (κ3) is 6.40. The van der Waals surface area contributed by atoms with Crippen molar-refractivity contribution in [2.45, 2.75) is 19.8 Å². The van der Waals surface area contributed by atoms with Crippen LogP contribution in [0.5, 0.6) is 0 Å². The van der Waals surface area contributed by atoms with E-state index in [1.165, 1.54) is 11.8 Å². The van der Waals surface area contributed by atoms with Gasteiger partial charge in [-0.15, -0.1) is 0 Å². The van der Waals surface area contributed by atoms with Gasteiger partial charge in [0.1, 0.15) is 0 Å². The highest BCUT2D eigenvalue weighted by molar-refractivity contribution is 6.35. The molecule has 0 saturated heterocycles. The van der Waals surface area contributed by atoms with Gasteiger partial charge in [-0.2, -0.15) is 0 Å². The molecule has 0 aliphatic rings. The van der Waals surface area contributed by atoms with Crippen molar-refractivity contribution in [2.75, 3.05) is 18.0 Å². The molecule has 0 aliphatic carbocycles. The summed E-state index contributed by atoms with van der Waals surface area (Å²) in [6.45, 7) is 2.17. The van der Waals surface area contributed by atoms with Gasteiger partial charge in [0.15, 0.2) is 0 Å². The normalized spacial score (nSPS) is 10.4. The first kappa shape index (κ1) is 19.3. The summed E-state index contributed by atoms with van der Waals surface area (Å²) in [6, 6.07) is 14.8. The molecule has 0 aliphatic heterocycles. The first-order valence-corrected chi connectivity index (χ1v) is 8.76. The fraction of sp³-hybridized carbons (Fsp3) is 0.263. The highest BCUT2D eigenvalue weighted by Crippen LogP contribution is 2.25. The minimum atomic E-state index is -0.142. The number of benzene rings is 2. The number of nitrogens with zero attached hydrogens (tertiary/aromatic N) is 1. The molecule has 2 aromatic carbocycles. The summed E-state index contributed by atoms with van der Waals surface area (Å²) >= 11 is 12.0. The summed E-state index contributed by atoms with van der Waals surface area (Å²) in [4.78, 5) is 25.4. The number of amides is 2. The Kier molecular flexibility index (Phi) is 7.29. The number of anilines is 1. The fourth-order valence-corrected chi connectivity index (χ4v) is 2.98. The van der Waals surface area contributed by atoms with Gasteiger partial charge >= 0.3 is 0 Å². The molecule has 0 spiro atoms. The summed E-state index contributed by atoms with van der Waals surface area (Å²) < 4.78 is 0. The van der Waals surface area contributed by atoms with Crippen molar-refractivity contribution in [3.05, 3.63) is 64.1 Å². The van der Waals surface area contributed by atoms with E-state index in [4.69, 9.17) is 23.2 Å². The van der Waals surface area contributed by atoms with E-state index in [9.17, 15) is 9.59 Å². The molecule has 0 radical (unpaired) electrons. The maximum Gasteiger partial charge on any atom is 0.223 e. The summed E-state index contributed by atoms with van der Waals surface area (Å²) in [5, 5.41) is 3.76. The van der Waals surface area contributed by atoms with Crippen LogP contribution in [-0.2, 0) is 16.0 Å². The third-order valence-corrected chi connectivity index (χ3v) is 4.12. The second-order valence-corrected chi connectivity index (χ2v) is 6.51. The predicted molar refractivity (Wildman–Crippen MR) is 102 cm³/mol. The number of hydrogen-bond donors (Lipinski definition) is 1. The van der Waals surface area contributed by atoms with Crippen LogP contribution in [0.4, 0.5) is 5.69 Å². The Balaban J connectivity index is 1.85. The number of aryl methyl sites for hydroxylation is 1. The van der Waals surface area contributed by atoms with E-state index in [0.29, 0.717) is 41.7 Å². The summed E-state index contributed by atoms with van der Waals surface area (Å²) in [6.07, 6.45) is 1.10. The lowest BCUT2D eigenvalue weighted by Gasteiger charge is -2.22. The first-order valence-electron chi connectivity index (χ1n) is 8.00. The molecule has 2 amide bonds. The molecule has 1 N–H and O–H groups in total. The quantitative estimate of drug-likeness (QED) is 0.788. The van der Waals surface area contributed by atoms with Crippen LogP contribution in [0.2, 0.25) is 10.0 Å². The van der Waals surface area contributed by atoms with Crippen LogP contribution < -0.4 is 10.2 Å². The topological polar surface area (TPSA) is 49.4 Å². The molecule has 0 bridgehead atoms. The second-order valence-electron chi connectivity index (χ2n) is 5.63. The molecule has 0 saturated carbocycles. The molecule has 4 nitrogen and oxygen atoms in total. The SMILES string of the molecule is CC(=O)N(CCNC(=O)CCc1ccccc1)c1cc(Cl)cc(Cl)c1. The van der Waals surface area contributed by atoms with Crippen molar-refractivity contribution in [3.63, 3.8) is 0 Å². The standard InChI is InChI=1S/C19H20Cl2N2O2/c1-14(24)23(18-12-16(20)11-17(21)13-18)10-9-22-19(25)8-7-15-5-3-2-4-6-15/h2-6,11-13H,7-10H2,1H3,(H,22,25). The molecule has 2 aromatic rings. The van der Waals surface area contributed by atoms with Crippen molar-refractivity contribution in [3.8, 4) is 0 Å². The van der Waals surface area contributed by atoms with Crippen molar-refractivity contribution in [1.29, 1.82) is 0 Å². The molecule has 0 atom stereocenters. The van der Waals surface area contributed by atoms with Crippen molar-refractivity contribution < 1.29 is 9.59 Å². The van der Waals surface area contributed by atoms with E-state index in [0.717, 1.165) is 5.56 Å². The minimum absolute atomic E-state index is 0.0449. The first-order chi connectivity index (χ1) is 12.0. The number of rotatable bonds is 7. The molecule has 0 unspecified atom stereocenters. The Morgan fingerprint density at radius 3 is 2.28 bits per heavy atom. The average molecular weight is 379 g/mol. The van der Waals surface area contributed by atoms with E-state index >= 15 is 0 Å². The van der Waals surface area contributed by atoms with Crippen LogP contribution in [0.25, 0.3) is 0 Å². The molecule has 25 heavy (non-hydrogen) atoms. The fourth-order valence-electron chi connectivity index (χ4n) is 2.46. The lowest BCUT2D eigenvalue weighted by molar-refractivity contribution is -0.121. The zero-order chi connectivity index (χ0) is 18.2. The van der Waals surface area contributed by atoms with Gasteiger partial charge in [0.25, 0.3) is 0 Å². The number of carbonyl (C=O) groups is 2. The van der Waals surface area contributed by atoms with E-state index in [-0.39, 0.29) is 11.8 Å². The molecule has 0 heterocycles. The van der Waals surface area contributed by atoms with Gasteiger partial charge in [0.05, 0.1) is 0 Å². The van der Waals surface area contributed by atoms with Gasteiger partial charge in [-0.05, 0) is 30.2 Å². The zero-order valence-electron chi connectivity index (χ0n) is 14.0. The zero-order valence-corrected chi connectivity index (χ0v) is 15.5. The Hall–Kier alpha value is -2.04. The lowest BCUT2D eigenvalue weighted by atomic mass is 10.1. The molecule has 6 heteroatoms. The van der Waals surface area contributed by atoms with Crippen LogP contribution in [0.15, 0.2) is 48.5 Å². The van der Waals surface area contributed by atoms with Crippen molar-refractivity contribution in [2.24, 2.45) is 0 Å². The van der Waals surface area contributed by atoms with E-state index < -0.39 is 0 Å². The van der Waals surface area contributed by atoms with Crippen LogP contribution >= 0.6 is 23.2 Å². The molecule has 0 fully saturated rings. The molecular formula is C19H20Cl2N2O2. The third-order valence-electron chi connectivity index (χ3n) is 3.68. The van der Waals surface area contributed by atoms with E-state index in [1.807, 2.05) is 30.3 Å². The molecule has 0 aromatic heterocycles. The Bertz CT molecular complexity index is 715. The molecular weight excluding hydrogens is 359 g/mol. The second kappa shape index (κ2) is 9.44. The van der Waals surface area contributed by atoms with Crippen LogP contribution in [0.1, 0.15) is 18.9 Å². The van der Waals surface area contributed by atoms with Crippen molar-refractivity contribution >= 4 is 40.7 Å². The van der Waals surface area contributed by atoms with Crippen LogP contribution in [0.3, 0.4) is 0 Å². The lowest BCUT2D eigenvalue weighted by Crippen LogP contribution is -2.37. The van der Waals surface area contributed by atoms with Gasteiger partial charge in [-0.3, -0.25) is 9.59 Å². The summed E-state index contributed by atoms with van der Waals surface area (Å²) in [5.74, 6) is -0.187. The van der Waals surface area contributed by atoms with Crippen LogP contribution in [-0.4, -0.2) is 24.9 Å². The summed E-state index contributed by atoms with van der Waals surface area (Å²) in [5.41, 5.74) is 1.74. The van der Waals surface area contributed by atoms with Gasteiger partial charge in [-0.1, -0.05) is 53.5 Å². The highest BCUT2D eigenvalue weighted by atomic mass is 35.5. The summed E-state index contributed by atoms with van der Waals surface area (Å²) in [7, 11) is 0. The monoisotopic (exact) mass is 378 g/mol. The Morgan fingerprint density at radius 2 is 1.68 bits per heavy atom. The number of halogens is 2. The predicted octanol–water partition coefficient (Wildman–Crippen LogP) is 4.10. The van der Waals surface area contributed by atoms with Gasteiger partial charge in [0.2, 0.25) is 11.8 Å². The van der Waals surface area contributed by atoms with Crippen molar-refractivity contribution in [1.82, 2.24) is 5.32 Å². The van der Waals surface area contributed by atoms with E-state index in [1.54, 1.807) is 18.2 Å². The number of hydrogen-bond acceptors (Lipinski definition) is 2. The number of carbonyl (C=O) groups excluding carboxylic acids is 2. The Labute approximate surface area is 157 Å². The van der Waals surface area contributed by atoms with Gasteiger partial charge < -0.3 is 10.2 Å². The molecule has 132 valence electrons. The van der Waals surface area contributed by atoms with Gasteiger partial charge in [-0.25, -0.2) is 0 Å². The number of nitrogens with one attached hydrogen (secondary N) is 1.